The Bertz CT molecular complexity index is 611. The molecule has 2 rings (SSSR count). The van der Waals surface area contributed by atoms with Gasteiger partial charge >= 0.3 is 0 Å². The van der Waals surface area contributed by atoms with Crippen molar-refractivity contribution in [2.75, 3.05) is 6.61 Å². The van der Waals surface area contributed by atoms with E-state index in [0.717, 1.165) is 10.0 Å². The van der Waals surface area contributed by atoms with Gasteiger partial charge < -0.3 is 4.74 Å². The van der Waals surface area contributed by atoms with Crippen LogP contribution in [0.3, 0.4) is 0 Å². The summed E-state index contributed by atoms with van der Waals surface area (Å²) < 4.78 is 6.31. The minimum absolute atomic E-state index is 0.00505. The number of ether oxygens (including phenoxy) is 1. The van der Waals surface area contributed by atoms with Crippen molar-refractivity contribution in [1.82, 2.24) is 0 Å². The second-order valence-corrected chi connectivity index (χ2v) is 5.39. The van der Waals surface area contributed by atoms with E-state index >= 15 is 0 Å². The van der Waals surface area contributed by atoms with Crippen molar-refractivity contribution in [3.8, 4) is 5.75 Å². The Hall–Kier alpha value is -1.32. The van der Waals surface area contributed by atoms with Crippen molar-refractivity contribution in [3.05, 3.63) is 63.1 Å². The second kappa shape index (κ2) is 6.22. The van der Waals surface area contributed by atoms with Crippen LogP contribution in [0.5, 0.6) is 5.75 Å². The molecule has 0 saturated carbocycles. The molecule has 0 aromatic heterocycles. The van der Waals surface area contributed by atoms with Crippen LogP contribution >= 0.6 is 27.5 Å². The van der Waals surface area contributed by atoms with Crippen molar-refractivity contribution < 1.29 is 9.53 Å². The van der Waals surface area contributed by atoms with E-state index < -0.39 is 0 Å². The third kappa shape index (κ3) is 3.58. The molecule has 0 fully saturated rings. The fraction of sp³-hybridized carbons (Fsp3) is 0.133. The molecule has 2 nitrogen and oxygen atoms in total. The van der Waals surface area contributed by atoms with Gasteiger partial charge in [-0.05, 0) is 36.8 Å². The second-order valence-electron chi connectivity index (χ2n) is 4.10. The number of aryl methyl sites for hydroxylation is 1. The van der Waals surface area contributed by atoms with Crippen molar-refractivity contribution in [2.45, 2.75) is 6.92 Å². The number of ketones is 1. The van der Waals surface area contributed by atoms with Crippen LogP contribution in [-0.4, -0.2) is 12.4 Å². The third-order valence-electron chi connectivity index (χ3n) is 2.67. The van der Waals surface area contributed by atoms with Gasteiger partial charge in [0.2, 0.25) is 5.78 Å². The highest BCUT2D eigenvalue weighted by molar-refractivity contribution is 9.10. The summed E-state index contributed by atoms with van der Waals surface area (Å²) in [6.07, 6.45) is 0. The zero-order valence-electron chi connectivity index (χ0n) is 10.3. The Morgan fingerprint density at radius 3 is 2.68 bits per heavy atom. The maximum atomic E-state index is 12.0. The van der Waals surface area contributed by atoms with Gasteiger partial charge in [-0.15, -0.1) is 0 Å². The number of hydrogen-bond acceptors (Lipinski definition) is 2. The molecule has 0 unspecified atom stereocenters. The molecule has 0 aliphatic carbocycles. The molecule has 98 valence electrons. The monoisotopic (exact) mass is 338 g/mol. The smallest absolute Gasteiger partial charge is 0.201 e. The standard InChI is InChI=1S/C15H12BrClO2/c1-10-8-11(17)6-7-15(10)19-9-14(18)12-4-2-3-5-13(12)16/h2-8H,9H2,1H3. The van der Waals surface area contributed by atoms with E-state index in [4.69, 9.17) is 16.3 Å². The molecular weight excluding hydrogens is 328 g/mol. The quantitative estimate of drug-likeness (QED) is 0.757. The molecule has 19 heavy (non-hydrogen) atoms. The summed E-state index contributed by atoms with van der Waals surface area (Å²) in [5.41, 5.74) is 1.53. The average molecular weight is 340 g/mol. The lowest BCUT2D eigenvalue weighted by Gasteiger charge is -2.09. The fourth-order valence-electron chi connectivity index (χ4n) is 1.68. The maximum Gasteiger partial charge on any atom is 0.201 e. The summed E-state index contributed by atoms with van der Waals surface area (Å²) in [5.74, 6) is 0.603. The van der Waals surface area contributed by atoms with E-state index in [-0.39, 0.29) is 12.4 Å². The van der Waals surface area contributed by atoms with E-state index in [9.17, 15) is 4.79 Å². The Balaban J connectivity index is 2.07. The number of halogens is 2. The average Bonchev–Trinajstić information content (AvgIpc) is 2.38. The van der Waals surface area contributed by atoms with Crippen LogP contribution in [-0.2, 0) is 0 Å². The summed E-state index contributed by atoms with van der Waals surface area (Å²) in [6.45, 7) is 1.90. The lowest BCUT2D eigenvalue weighted by Crippen LogP contribution is -2.12. The van der Waals surface area contributed by atoms with Gasteiger partial charge in [-0.3, -0.25) is 4.79 Å². The van der Waals surface area contributed by atoms with Crippen LogP contribution < -0.4 is 4.74 Å². The third-order valence-corrected chi connectivity index (χ3v) is 3.60. The highest BCUT2D eigenvalue weighted by Crippen LogP contribution is 2.22. The minimum atomic E-state index is -0.0678. The summed E-state index contributed by atoms with van der Waals surface area (Å²) >= 11 is 9.22. The number of carbonyl (C=O) groups excluding carboxylic acids is 1. The Morgan fingerprint density at radius 2 is 2.00 bits per heavy atom. The topological polar surface area (TPSA) is 26.3 Å². The highest BCUT2D eigenvalue weighted by atomic mass is 79.9. The lowest BCUT2D eigenvalue weighted by molar-refractivity contribution is 0.0920. The zero-order chi connectivity index (χ0) is 13.8. The van der Waals surface area contributed by atoms with Crippen molar-refractivity contribution >= 4 is 33.3 Å². The van der Waals surface area contributed by atoms with Crippen LogP contribution in [0.2, 0.25) is 5.02 Å². The molecule has 0 radical (unpaired) electrons. The van der Waals surface area contributed by atoms with Gasteiger partial charge in [0.1, 0.15) is 5.75 Å². The summed E-state index contributed by atoms with van der Waals surface area (Å²) in [4.78, 5) is 12.0. The van der Waals surface area contributed by atoms with Crippen molar-refractivity contribution in [2.24, 2.45) is 0 Å². The van der Waals surface area contributed by atoms with Gasteiger partial charge in [-0.25, -0.2) is 0 Å². The number of rotatable bonds is 4. The van der Waals surface area contributed by atoms with Crippen LogP contribution in [0, 0.1) is 6.92 Å². The predicted molar refractivity (Wildman–Crippen MR) is 80.2 cm³/mol. The normalized spacial score (nSPS) is 10.3. The van der Waals surface area contributed by atoms with Gasteiger partial charge in [0.05, 0.1) is 0 Å². The van der Waals surface area contributed by atoms with E-state index in [2.05, 4.69) is 15.9 Å². The van der Waals surface area contributed by atoms with E-state index in [0.29, 0.717) is 16.3 Å². The van der Waals surface area contributed by atoms with Gasteiger partial charge in [0.25, 0.3) is 0 Å². The van der Waals surface area contributed by atoms with Crippen molar-refractivity contribution in [1.29, 1.82) is 0 Å². The van der Waals surface area contributed by atoms with Crippen LogP contribution in [0.4, 0.5) is 0 Å². The van der Waals surface area contributed by atoms with E-state index in [1.165, 1.54) is 0 Å². The van der Waals surface area contributed by atoms with Crippen molar-refractivity contribution in [3.63, 3.8) is 0 Å². The van der Waals surface area contributed by atoms with Gasteiger partial charge in [0.15, 0.2) is 6.61 Å². The Kier molecular flexibility index (Phi) is 4.61. The molecule has 0 N–H and O–H groups in total. The number of benzene rings is 2. The molecule has 0 amide bonds. The molecule has 0 atom stereocenters. The zero-order valence-corrected chi connectivity index (χ0v) is 12.7. The summed E-state index contributed by atoms with van der Waals surface area (Å²) in [6, 6.07) is 12.6. The summed E-state index contributed by atoms with van der Waals surface area (Å²) in [5, 5.41) is 0.655. The van der Waals surface area contributed by atoms with Crippen LogP contribution in [0.25, 0.3) is 0 Å². The SMILES string of the molecule is Cc1cc(Cl)ccc1OCC(=O)c1ccccc1Br. The molecule has 0 spiro atoms. The first kappa shape index (κ1) is 14.1. The summed E-state index contributed by atoms with van der Waals surface area (Å²) in [7, 11) is 0. The highest BCUT2D eigenvalue weighted by Gasteiger charge is 2.10. The molecule has 0 aliphatic heterocycles. The fourth-order valence-corrected chi connectivity index (χ4v) is 2.42. The Labute approximate surface area is 125 Å². The molecule has 0 bridgehead atoms. The number of hydrogen-bond donors (Lipinski definition) is 0. The first-order chi connectivity index (χ1) is 9.08. The first-order valence-corrected chi connectivity index (χ1v) is 6.91. The first-order valence-electron chi connectivity index (χ1n) is 5.74. The minimum Gasteiger partial charge on any atom is -0.485 e. The molecule has 4 heteroatoms. The van der Waals surface area contributed by atoms with E-state index in [1.807, 2.05) is 25.1 Å². The van der Waals surface area contributed by atoms with Gasteiger partial charge in [0, 0.05) is 15.1 Å². The van der Waals surface area contributed by atoms with Gasteiger partial charge in [-0.2, -0.15) is 0 Å². The molecule has 2 aromatic rings. The molecule has 2 aromatic carbocycles. The Morgan fingerprint density at radius 1 is 1.26 bits per heavy atom. The largest absolute Gasteiger partial charge is 0.485 e. The maximum absolute atomic E-state index is 12.0. The predicted octanol–water partition coefficient (Wildman–Crippen LogP) is 4.67. The lowest BCUT2D eigenvalue weighted by atomic mass is 10.1. The van der Waals surface area contributed by atoms with Crippen LogP contribution in [0.15, 0.2) is 46.9 Å². The number of Topliss-reactive ketones (excluding diaryl/α,β-unsaturated/α-hetero) is 1. The number of carbonyl (C=O) groups is 1. The molecule has 0 aliphatic rings. The molecular formula is C15H12BrClO2. The van der Waals surface area contributed by atoms with Gasteiger partial charge in [-0.1, -0.05) is 45.7 Å². The molecule has 0 saturated heterocycles. The van der Waals surface area contributed by atoms with Crippen LogP contribution in [0.1, 0.15) is 15.9 Å². The molecule has 0 heterocycles. The van der Waals surface area contributed by atoms with E-state index in [1.54, 1.807) is 24.3 Å².